The van der Waals surface area contributed by atoms with Gasteiger partial charge in [0.25, 0.3) is 0 Å². The molecule has 0 saturated heterocycles. The van der Waals surface area contributed by atoms with Crippen LogP contribution < -0.4 is 14.4 Å². The summed E-state index contributed by atoms with van der Waals surface area (Å²) in [5.74, 6) is 0.573. The number of nitrogens with zero attached hydrogens (tertiary/aromatic N) is 1. The molecule has 1 N–H and O–H groups in total. The van der Waals surface area contributed by atoms with Crippen LogP contribution in [0.2, 0.25) is 0 Å². The Balaban J connectivity index is 1.95. The van der Waals surface area contributed by atoms with Crippen molar-refractivity contribution in [3.63, 3.8) is 0 Å². The summed E-state index contributed by atoms with van der Waals surface area (Å²) in [7, 11) is -1.89. The maximum absolute atomic E-state index is 12.4. The van der Waals surface area contributed by atoms with Crippen LogP contribution >= 0.6 is 0 Å². The van der Waals surface area contributed by atoms with Crippen molar-refractivity contribution >= 4 is 21.6 Å². The quantitative estimate of drug-likeness (QED) is 0.636. The lowest BCUT2D eigenvalue weighted by Crippen LogP contribution is -2.33. The van der Waals surface area contributed by atoms with Gasteiger partial charge in [-0.1, -0.05) is 36.8 Å². The van der Waals surface area contributed by atoms with Crippen LogP contribution in [-0.2, 0) is 14.8 Å². The Kier molecular flexibility index (Phi) is 8.08. The first kappa shape index (κ1) is 22.7. The molecular weight excluding hydrogens is 388 g/mol. The zero-order valence-electron chi connectivity index (χ0n) is 17.5. The molecule has 0 saturated carbocycles. The Morgan fingerprint density at radius 3 is 2.24 bits per heavy atom. The zero-order chi connectivity index (χ0) is 21.4. The number of amides is 1. The normalized spacial score (nSPS) is 12.3. The van der Waals surface area contributed by atoms with Crippen LogP contribution in [0.3, 0.4) is 0 Å². The van der Waals surface area contributed by atoms with E-state index in [-0.39, 0.29) is 24.9 Å². The number of nitrogens with one attached hydrogen (secondary N) is 1. The third-order valence-corrected chi connectivity index (χ3v) is 5.94. The van der Waals surface area contributed by atoms with Crippen LogP contribution in [0.5, 0.6) is 5.75 Å². The molecule has 0 heterocycles. The van der Waals surface area contributed by atoms with E-state index < -0.39 is 10.0 Å². The number of methoxy groups -OCH3 is 1. The van der Waals surface area contributed by atoms with Gasteiger partial charge in [0.1, 0.15) is 5.75 Å². The number of carbonyl (C=O) groups is 1. The van der Waals surface area contributed by atoms with E-state index in [9.17, 15) is 13.2 Å². The van der Waals surface area contributed by atoms with Gasteiger partial charge in [0, 0.05) is 13.0 Å². The average molecular weight is 419 g/mol. The van der Waals surface area contributed by atoms with Crippen molar-refractivity contribution in [3.8, 4) is 5.75 Å². The SMILES string of the molecule is CCC(NC(=O)CCCN(c1ccc(OC)cc1)S(C)(=O)=O)c1ccc(C)cc1. The second kappa shape index (κ2) is 10.3. The highest BCUT2D eigenvalue weighted by Crippen LogP contribution is 2.22. The van der Waals surface area contributed by atoms with E-state index >= 15 is 0 Å². The van der Waals surface area contributed by atoms with Gasteiger partial charge in [-0.2, -0.15) is 0 Å². The average Bonchev–Trinajstić information content (AvgIpc) is 2.69. The molecule has 0 aliphatic carbocycles. The number of hydrogen-bond donors (Lipinski definition) is 1. The first-order valence-electron chi connectivity index (χ1n) is 9.72. The summed E-state index contributed by atoms with van der Waals surface area (Å²) in [6, 6.07) is 14.9. The van der Waals surface area contributed by atoms with E-state index in [1.807, 2.05) is 38.1 Å². The highest BCUT2D eigenvalue weighted by Gasteiger charge is 2.18. The molecule has 0 radical (unpaired) electrons. The number of carbonyl (C=O) groups excluding carboxylic acids is 1. The first-order valence-corrected chi connectivity index (χ1v) is 11.6. The molecule has 6 nitrogen and oxygen atoms in total. The Morgan fingerprint density at radius 1 is 1.10 bits per heavy atom. The van der Waals surface area contributed by atoms with Crippen molar-refractivity contribution in [3.05, 3.63) is 59.7 Å². The van der Waals surface area contributed by atoms with Gasteiger partial charge in [-0.05, 0) is 49.6 Å². The van der Waals surface area contributed by atoms with Crippen LogP contribution in [0.4, 0.5) is 5.69 Å². The van der Waals surface area contributed by atoms with E-state index in [1.54, 1.807) is 31.4 Å². The van der Waals surface area contributed by atoms with Crippen LogP contribution in [0.25, 0.3) is 0 Å². The maximum Gasteiger partial charge on any atom is 0.232 e. The second-order valence-electron chi connectivity index (χ2n) is 7.08. The summed E-state index contributed by atoms with van der Waals surface area (Å²) in [5.41, 5.74) is 2.80. The molecule has 0 aliphatic heterocycles. The molecule has 0 spiro atoms. The molecule has 0 fully saturated rings. The lowest BCUT2D eigenvalue weighted by atomic mass is 10.0. The number of hydrogen-bond acceptors (Lipinski definition) is 4. The standard InChI is InChI=1S/C22H30N2O4S/c1-5-21(18-10-8-17(2)9-11-18)23-22(25)7-6-16-24(29(4,26)27)19-12-14-20(28-3)15-13-19/h8-15,21H,5-7,16H2,1-4H3,(H,23,25). The summed E-state index contributed by atoms with van der Waals surface area (Å²) < 4.78 is 30.8. The smallest absolute Gasteiger partial charge is 0.232 e. The van der Waals surface area contributed by atoms with E-state index in [4.69, 9.17) is 4.74 Å². The molecule has 2 aromatic carbocycles. The zero-order valence-corrected chi connectivity index (χ0v) is 18.3. The van der Waals surface area contributed by atoms with E-state index in [0.29, 0.717) is 17.9 Å². The third kappa shape index (κ3) is 6.78. The largest absolute Gasteiger partial charge is 0.497 e. The fourth-order valence-corrected chi connectivity index (χ4v) is 4.07. The minimum absolute atomic E-state index is 0.0456. The van der Waals surface area contributed by atoms with Crippen molar-refractivity contribution in [1.29, 1.82) is 0 Å². The second-order valence-corrected chi connectivity index (χ2v) is 8.98. The fraction of sp³-hybridized carbons (Fsp3) is 0.409. The lowest BCUT2D eigenvalue weighted by molar-refractivity contribution is -0.121. The van der Waals surface area contributed by atoms with Crippen molar-refractivity contribution in [2.75, 3.05) is 24.2 Å². The molecule has 1 amide bonds. The van der Waals surface area contributed by atoms with E-state index in [1.165, 1.54) is 16.1 Å². The van der Waals surface area contributed by atoms with Gasteiger partial charge in [0.15, 0.2) is 0 Å². The van der Waals surface area contributed by atoms with Gasteiger partial charge in [0.2, 0.25) is 15.9 Å². The van der Waals surface area contributed by atoms with E-state index in [2.05, 4.69) is 5.32 Å². The molecule has 2 aromatic rings. The highest BCUT2D eigenvalue weighted by molar-refractivity contribution is 7.92. The topological polar surface area (TPSA) is 75.7 Å². The van der Waals surface area contributed by atoms with Crippen LogP contribution in [0.15, 0.2) is 48.5 Å². The minimum atomic E-state index is -3.45. The lowest BCUT2D eigenvalue weighted by Gasteiger charge is -2.23. The van der Waals surface area contributed by atoms with Crippen molar-refractivity contribution in [2.45, 2.75) is 39.2 Å². The molecule has 0 bridgehead atoms. The van der Waals surface area contributed by atoms with Crippen LogP contribution in [0.1, 0.15) is 43.4 Å². The highest BCUT2D eigenvalue weighted by atomic mass is 32.2. The molecular formula is C22H30N2O4S. The minimum Gasteiger partial charge on any atom is -0.497 e. The number of benzene rings is 2. The number of rotatable bonds is 10. The number of anilines is 1. The van der Waals surface area contributed by atoms with Gasteiger partial charge >= 0.3 is 0 Å². The molecule has 1 atom stereocenters. The maximum atomic E-state index is 12.4. The summed E-state index contributed by atoms with van der Waals surface area (Å²) >= 11 is 0. The van der Waals surface area contributed by atoms with Gasteiger partial charge in [0.05, 0.1) is 25.1 Å². The van der Waals surface area contributed by atoms with Crippen molar-refractivity contribution in [2.24, 2.45) is 0 Å². The molecule has 158 valence electrons. The van der Waals surface area contributed by atoms with Crippen LogP contribution in [-0.4, -0.2) is 34.2 Å². The van der Waals surface area contributed by atoms with E-state index in [0.717, 1.165) is 12.0 Å². The summed E-state index contributed by atoms with van der Waals surface area (Å²) in [6.45, 7) is 4.29. The Bertz CT molecular complexity index is 893. The third-order valence-electron chi connectivity index (χ3n) is 4.75. The number of sulfonamides is 1. The summed E-state index contributed by atoms with van der Waals surface area (Å²) in [6.07, 6.45) is 2.64. The number of aryl methyl sites for hydroxylation is 1. The molecule has 7 heteroatoms. The summed E-state index contributed by atoms with van der Waals surface area (Å²) in [4.78, 5) is 12.4. The van der Waals surface area contributed by atoms with Gasteiger partial charge in [-0.15, -0.1) is 0 Å². The predicted molar refractivity (Wildman–Crippen MR) is 117 cm³/mol. The summed E-state index contributed by atoms with van der Waals surface area (Å²) in [5, 5.41) is 3.05. The number of ether oxygens (including phenoxy) is 1. The van der Waals surface area contributed by atoms with Gasteiger partial charge in [-0.25, -0.2) is 8.42 Å². The Hall–Kier alpha value is -2.54. The van der Waals surface area contributed by atoms with Gasteiger partial charge < -0.3 is 10.1 Å². The van der Waals surface area contributed by atoms with Crippen LogP contribution in [0, 0.1) is 6.92 Å². The van der Waals surface area contributed by atoms with Gasteiger partial charge in [-0.3, -0.25) is 9.10 Å². The fourth-order valence-electron chi connectivity index (χ4n) is 3.10. The van der Waals surface area contributed by atoms with Crippen molar-refractivity contribution < 1.29 is 17.9 Å². The Labute approximate surface area is 173 Å². The molecule has 0 aliphatic rings. The van der Waals surface area contributed by atoms with Crippen molar-refractivity contribution in [1.82, 2.24) is 5.32 Å². The Morgan fingerprint density at radius 2 is 1.72 bits per heavy atom. The molecule has 1 unspecified atom stereocenters. The molecule has 2 rings (SSSR count). The molecule has 0 aromatic heterocycles. The monoisotopic (exact) mass is 418 g/mol. The predicted octanol–water partition coefficient (Wildman–Crippen LogP) is 3.82. The first-order chi connectivity index (χ1) is 13.7. The molecule has 29 heavy (non-hydrogen) atoms.